The third kappa shape index (κ3) is 6.21. The summed E-state index contributed by atoms with van der Waals surface area (Å²) in [4.78, 5) is 14.8. The summed E-state index contributed by atoms with van der Waals surface area (Å²) >= 11 is 0. The predicted molar refractivity (Wildman–Crippen MR) is 117 cm³/mol. The summed E-state index contributed by atoms with van der Waals surface area (Å²) in [5.74, 6) is 1.22. The lowest BCUT2D eigenvalue weighted by Gasteiger charge is -2.32. The minimum absolute atomic E-state index is 0.0111. The van der Waals surface area contributed by atoms with Gasteiger partial charge in [-0.25, -0.2) is 0 Å². The molecule has 1 saturated heterocycles. The fourth-order valence-corrected chi connectivity index (χ4v) is 3.89. The molecule has 6 heteroatoms. The maximum absolute atomic E-state index is 12.4. The van der Waals surface area contributed by atoms with Crippen LogP contribution in [0.2, 0.25) is 0 Å². The second-order valence-electron chi connectivity index (χ2n) is 7.77. The molecule has 1 aliphatic heterocycles. The first-order valence-electron chi connectivity index (χ1n) is 10.5. The van der Waals surface area contributed by atoms with E-state index in [0.717, 1.165) is 32.5 Å². The van der Waals surface area contributed by atoms with Crippen molar-refractivity contribution in [1.82, 2.24) is 10.2 Å². The highest BCUT2D eigenvalue weighted by Crippen LogP contribution is 2.31. The fourth-order valence-electron chi connectivity index (χ4n) is 3.89. The van der Waals surface area contributed by atoms with E-state index >= 15 is 0 Å². The van der Waals surface area contributed by atoms with Crippen LogP contribution in [0.15, 0.2) is 48.5 Å². The third-order valence-corrected chi connectivity index (χ3v) is 5.65. The van der Waals surface area contributed by atoms with Crippen LogP contribution in [0.5, 0.6) is 11.5 Å². The van der Waals surface area contributed by atoms with Gasteiger partial charge in [0, 0.05) is 43.7 Å². The van der Waals surface area contributed by atoms with Crippen molar-refractivity contribution in [2.24, 2.45) is 0 Å². The van der Waals surface area contributed by atoms with Crippen molar-refractivity contribution in [3.63, 3.8) is 0 Å². The van der Waals surface area contributed by atoms with E-state index in [4.69, 9.17) is 9.47 Å². The average Bonchev–Trinajstić information content (AvgIpc) is 2.79. The Labute approximate surface area is 178 Å². The van der Waals surface area contributed by atoms with E-state index in [1.807, 2.05) is 6.07 Å². The van der Waals surface area contributed by atoms with Crippen LogP contribution in [0, 0.1) is 0 Å². The molecule has 162 valence electrons. The van der Waals surface area contributed by atoms with Crippen molar-refractivity contribution in [2.75, 3.05) is 27.3 Å². The van der Waals surface area contributed by atoms with Gasteiger partial charge in [-0.05, 0) is 37.0 Å². The Morgan fingerprint density at radius 3 is 2.53 bits per heavy atom. The van der Waals surface area contributed by atoms with Gasteiger partial charge in [-0.2, -0.15) is 0 Å². The number of hydrogen-bond acceptors (Lipinski definition) is 5. The molecule has 1 unspecified atom stereocenters. The van der Waals surface area contributed by atoms with Crippen LogP contribution < -0.4 is 14.8 Å². The minimum atomic E-state index is -0.760. The second-order valence-corrected chi connectivity index (χ2v) is 7.77. The quantitative estimate of drug-likeness (QED) is 0.661. The van der Waals surface area contributed by atoms with Crippen molar-refractivity contribution in [2.45, 2.75) is 44.4 Å². The van der Waals surface area contributed by atoms with Crippen molar-refractivity contribution in [1.29, 1.82) is 0 Å². The zero-order chi connectivity index (χ0) is 21.3. The van der Waals surface area contributed by atoms with E-state index < -0.39 is 6.10 Å². The summed E-state index contributed by atoms with van der Waals surface area (Å²) in [6.07, 6.45) is 1.77. The number of aliphatic hydroxyl groups is 1. The number of nitrogens with one attached hydrogen (secondary N) is 1. The number of nitrogens with zero attached hydrogens (tertiary/aromatic N) is 1. The lowest BCUT2D eigenvalue weighted by molar-refractivity contribution is -0.122. The van der Waals surface area contributed by atoms with Gasteiger partial charge in [0.1, 0.15) is 11.5 Å². The number of carbonyl (C=O) groups is 1. The zero-order valence-corrected chi connectivity index (χ0v) is 17.8. The summed E-state index contributed by atoms with van der Waals surface area (Å²) < 4.78 is 10.5. The molecule has 0 aromatic heterocycles. The molecule has 2 aromatic carbocycles. The molecular weight excluding hydrogens is 380 g/mol. The van der Waals surface area contributed by atoms with Crippen LogP contribution in [0.4, 0.5) is 0 Å². The maximum atomic E-state index is 12.4. The third-order valence-electron chi connectivity index (χ3n) is 5.65. The largest absolute Gasteiger partial charge is 0.497 e. The van der Waals surface area contributed by atoms with Crippen molar-refractivity contribution >= 4 is 5.91 Å². The number of amides is 1. The molecule has 1 aliphatic rings. The lowest BCUT2D eigenvalue weighted by Crippen LogP contribution is -2.44. The molecule has 3 rings (SSSR count). The van der Waals surface area contributed by atoms with E-state index in [9.17, 15) is 9.90 Å². The number of piperidine rings is 1. The van der Waals surface area contributed by atoms with Gasteiger partial charge in [-0.3, -0.25) is 9.69 Å². The minimum Gasteiger partial charge on any atom is -0.497 e. The first-order valence-corrected chi connectivity index (χ1v) is 10.5. The van der Waals surface area contributed by atoms with Crippen molar-refractivity contribution < 1.29 is 19.4 Å². The fraction of sp³-hybridized carbons (Fsp3) is 0.458. The Hall–Kier alpha value is -2.57. The van der Waals surface area contributed by atoms with E-state index in [1.165, 1.54) is 5.56 Å². The van der Waals surface area contributed by atoms with E-state index in [2.05, 4.69) is 34.5 Å². The molecule has 1 fully saturated rings. The smallest absolute Gasteiger partial charge is 0.220 e. The summed E-state index contributed by atoms with van der Waals surface area (Å²) in [6, 6.07) is 16.0. The van der Waals surface area contributed by atoms with Gasteiger partial charge in [0.15, 0.2) is 0 Å². The van der Waals surface area contributed by atoms with Gasteiger partial charge < -0.3 is 19.9 Å². The highest BCUT2D eigenvalue weighted by Gasteiger charge is 2.22. The molecule has 2 N–H and O–H groups in total. The number of hydrogen-bond donors (Lipinski definition) is 2. The Bertz CT molecular complexity index is 804. The monoisotopic (exact) mass is 412 g/mol. The SMILES string of the molecule is COc1ccc(C(O)CCC(=O)NC2CCN(Cc3ccccc3)CC2)c(OC)c1. The van der Waals surface area contributed by atoms with E-state index in [1.54, 1.807) is 32.4 Å². The topological polar surface area (TPSA) is 71.0 Å². The van der Waals surface area contributed by atoms with Crippen LogP contribution in [-0.2, 0) is 11.3 Å². The van der Waals surface area contributed by atoms with Crippen LogP contribution in [0.25, 0.3) is 0 Å². The summed E-state index contributed by atoms with van der Waals surface area (Å²) in [5.41, 5.74) is 1.99. The van der Waals surface area contributed by atoms with Crippen LogP contribution in [0.1, 0.15) is 42.9 Å². The highest BCUT2D eigenvalue weighted by atomic mass is 16.5. The number of aliphatic hydroxyl groups excluding tert-OH is 1. The summed E-state index contributed by atoms with van der Waals surface area (Å²) in [7, 11) is 3.14. The Morgan fingerprint density at radius 2 is 1.87 bits per heavy atom. The normalized spacial score (nSPS) is 16.1. The van der Waals surface area contributed by atoms with Crippen molar-refractivity contribution in [3.05, 3.63) is 59.7 Å². The van der Waals surface area contributed by atoms with E-state index in [0.29, 0.717) is 23.5 Å². The molecule has 6 nitrogen and oxygen atoms in total. The Balaban J connectivity index is 1.41. The highest BCUT2D eigenvalue weighted by molar-refractivity contribution is 5.76. The van der Waals surface area contributed by atoms with Gasteiger partial charge in [0.25, 0.3) is 0 Å². The van der Waals surface area contributed by atoms with Gasteiger partial charge in [0.2, 0.25) is 5.91 Å². The Morgan fingerprint density at radius 1 is 1.13 bits per heavy atom. The maximum Gasteiger partial charge on any atom is 0.220 e. The van der Waals surface area contributed by atoms with Gasteiger partial charge in [-0.15, -0.1) is 0 Å². The Kier molecular flexibility index (Phi) is 8.11. The summed E-state index contributed by atoms with van der Waals surface area (Å²) in [6.45, 7) is 2.91. The zero-order valence-electron chi connectivity index (χ0n) is 17.8. The van der Waals surface area contributed by atoms with Gasteiger partial charge >= 0.3 is 0 Å². The number of benzene rings is 2. The molecule has 1 atom stereocenters. The molecule has 0 radical (unpaired) electrons. The molecule has 30 heavy (non-hydrogen) atoms. The molecule has 0 bridgehead atoms. The molecule has 0 saturated carbocycles. The molecule has 0 aliphatic carbocycles. The van der Waals surface area contributed by atoms with Crippen molar-refractivity contribution in [3.8, 4) is 11.5 Å². The number of carbonyl (C=O) groups excluding carboxylic acids is 1. The summed E-state index contributed by atoms with van der Waals surface area (Å²) in [5, 5.41) is 13.6. The molecular formula is C24H32N2O4. The number of likely N-dealkylation sites (tertiary alicyclic amines) is 1. The second kappa shape index (κ2) is 11.0. The molecule has 0 spiro atoms. The average molecular weight is 413 g/mol. The van der Waals surface area contributed by atoms with E-state index in [-0.39, 0.29) is 18.4 Å². The lowest BCUT2D eigenvalue weighted by atomic mass is 10.0. The first-order chi connectivity index (χ1) is 14.6. The van der Waals surface area contributed by atoms with Gasteiger partial charge in [-0.1, -0.05) is 30.3 Å². The van der Waals surface area contributed by atoms with Crippen LogP contribution >= 0.6 is 0 Å². The number of methoxy groups -OCH3 is 2. The molecule has 1 amide bonds. The van der Waals surface area contributed by atoms with Crippen LogP contribution in [0.3, 0.4) is 0 Å². The predicted octanol–water partition coefficient (Wildman–Crippen LogP) is 3.30. The van der Waals surface area contributed by atoms with Crippen LogP contribution in [-0.4, -0.2) is 49.3 Å². The number of rotatable bonds is 9. The first kappa shape index (κ1) is 22.1. The molecule has 1 heterocycles. The number of ether oxygens (including phenoxy) is 2. The standard InChI is InChI=1S/C24H32N2O4/c1-29-20-8-9-21(23(16-20)30-2)22(27)10-11-24(28)25-19-12-14-26(15-13-19)17-18-6-4-3-5-7-18/h3-9,16,19,22,27H,10-15,17H2,1-2H3,(H,25,28). The molecule has 2 aromatic rings. The van der Waals surface area contributed by atoms with Gasteiger partial charge in [0.05, 0.1) is 20.3 Å².